The van der Waals surface area contributed by atoms with Gasteiger partial charge in [0.1, 0.15) is 54.9 Å². The summed E-state index contributed by atoms with van der Waals surface area (Å²) in [5, 5.41) is 70.6. The van der Waals surface area contributed by atoms with E-state index in [1.807, 2.05) is 0 Å². The number of hydrogen-bond donors (Lipinski definition) is 7. The van der Waals surface area contributed by atoms with Crippen LogP contribution in [0.4, 0.5) is 0 Å². The van der Waals surface area contributed by atoms with Gasteiger partial charge in [0.05, 0.1) is 20.3 Å². The number of carbonyl (C=O) groups is 1. The van der Waals surface area contributed by atoms with Gasteiger partial charge in [-0.3, -0.25) is 0 Å². The monoisotopic (exact) mass is 486 g/mol. The Bertz CT molecular complexity index is 650. The highest BCUT2D eigenvalue weighted by molar-refractivity contribution is 5.75. The number of hydrogen-bond acceptors (Lipinski definition) is 15. The SMILES string of the molecule is COC(=O)[C@H]1O[C@@H](O[C@H]2[C@H](O[C@@H]3COC(O)[C@H](O)[C@H]3O)OC[C@@H](O)[C@@H]2O)[C@H](O)[C@@H](O)[C@@H]1OC. The molecule has 33 heavy (non-hydrogen) atoms. The minimum Gasteiger partial charge on any atom is -0.467 e. The van der Waals surface area contributed by atoms with Gasteiger partial charge in [-0.2, -0.15) is 0 Å². The molecule has 0 saturated carbocycles. The highest BCUT2D eigenvalue weighted by atomic mass is 16.8. The molecule has 3 fully saturated rings. The highest BCUT2D eigenvalue weighted by Gasteiger charge is 2.52. The van der Waals surface area contributed by atoms with Crippen LogP contribution < -0.4 is 0 Å². The van der Waals surface area contributed by atoms with Crippen LogP contribution in [0.1, 0.15) is 0 Å². The van der Waals surface area contributed by atoms with Crippen molar-refractivity contribution >= 4 is 5.97 Å². The van der Waals surface area contributed by atoms with Crippen LogP contribution in [0.3, 0.4) is 0 Å². The van der Waals surface area contributed by atoms with E-state index in [9.17, 15) is 40.5 Å². The van der Waals surface area contributed by atoms with Gasteiger partial charge in [-0.1, -0.05) is 0 Å². The highest BCUT2D eigenvalue weighted by Crippen LogP contribution is 2.30. The van der Waals surface area contributed by atoms with Crippen molar-refractivity contribution in [2.24, 2.45) is 0 Å². The van der Waals surface area contributed by atoms with Gasteiger partial charge in [0.15, 0.2) is 25.0 Å². The molecular weight excluding hydrogens is 456 g/mol. The Hall–Kier alpha value is -1.05. The molecule has 0 aromatic carbocycles. The summed E-state index contributed by atoms with van der Waals surface area (Å²) in [6, 6.07) is 0. The van der Waals surface area contributed by atoms with Gasteiger partial charge in [0.2, 0.25) is 0 Å². The van der Waals surface area contributed by atoms with Crippen molar-refractivity contribution in [3.8, 4) is 0 Å². The van der Waals surface area contributed by atoms with Gasteiger partial charge in [0, 0.05) is 7.11 Å². The van der Waals surface area contributed by atoms with Crippen molar-refractivity contribution in [1.82, 2.24) is 0 Å². The number of aliphatic hydroxyl groups excluding tert-OH is 7. The summed E-state index contributed by atoms with van der Waals surface area (Å²) < 4.78 is 36.4. The maximum absolute atomic E-state index is 12.1. The Kier molecular flexibility index (Phi) is 8.95. The number of carbonyl (C=O) groups excluding carboxylic acids is 1. The Morgan fingerprint density at radius 3 is 2.09 bits per heavy atom. The van der Waals surface area contributed by atoms with Crippen LogP contribution in [0.15, 0.2) is 0 Å². The van der Waals surface area contributed by atoms with E-state index in [4.69, 9.17) is 28.4 Å². The summed E-state index contributed by atoms with van der Waals surface area (Å²) >= 11 is 0. The van der Waals surface area contributed by atoms with Crippen molar-refractivity contribution < 1.29 is 73.7 Å². The summed E-state index contributed by atoms with van der Waals surface area (Å²) in [4.78, 5) is 12.1. The second-order valence-electron chi connectivity index (χ2n) is 7.87. The van der Waals surface area contributed by atoms with Crippen molar-refractivity contribution in [1.29, 1.82) is 0 Å². The Morgan fingerprint density at radius 2 is 1.45 bits per heavy atom. The molecule has 7 N–H and O–H groups in total. The van der Waals surface area contributed by atoms with Crippen LogP contribution in [-0.2, 0) is 38.0 Å². The fourth-order valence-corrected chi connectivity index (χ4v) is 3.77. The van der Waals surface area contributed by atoms with E-state index in [0.29, 0.717) is 0 Å². The molecule has 0 spiro atoms. The summed E-state index contributed by atoms with van der Waals surface area (Å²) in [7, 11) is 2.26. The quantitative estimate of drug-likeness (QED) is 0.174. The van der Waals surface area contributed by atoms with Crippen LogP contribution in [-0.4, -0.2) is 149 Å². The first-order valence-corrected chi connectivity index (χ1v) is 10.2. The molecule has 3 rings (SSSR count). The first-order chi connectivity index (χ1) is 15.6. The van der Waals surface area contributed by atoms with Gasteiger partial charge in [-0.15, -0.1) is 0 Å². The molecule has 1 unspecified atom stereocenters. The molecule has 15 heteroatoms. The first-order valence-electron chi connectivity index (χ1n) is 10.2. The van der Waals surface area contributed by atoms with Gasteiger partial charge < -0.3 is 68.9 Å². The topological polar surface area (TPSA) is 223 Å². The van der Waals surface area contributed by atoms with E-state index in [1.54, 1.807) is 0 Å². The second kappa shape index (κ2) is 11.1. The van der Waals surface area contributed by atoms with E-state index in [2.05, 4.69) is 4.74 Å². The molecule has 3 saturated heterocycles. The number of rotatable bonds is 6. The molecule has 192 valence electrons. The van der Waals surface area contributed by atoms with Crippen molar-refractivity contribution in [3.05, 3.63) is 0 Å². The largest absolute Gasteiger partial charge is 0.467 e. The lowest BCUT2D eigenvalue weighted by Gasteiger charge is -2.45. The van der Waals surface area contributed by atoms with Gasteiger partial charge in [0.25, 0.3) is 0 Å². The average Bonchev–Trinajstić information content (AvgIpc) is 2.80. The van der Waals surface area contributed by atoms with Crippen LogP contribution in [0.25, 0.3) is 0 Å². The minimum atomic E-state index is -1.76. The number of methoxy groups -OCH3 is 2. The summed E-state index contributed by atoms with van der Waals surface area (Å²) in [5.74, 6) is -0.926. The number of aliphatic hydroxyl groups is 7. The first kappa shape index (κ1) is 26.6. The Balaban J connectivity index is 1.76. The smallest absolute Gasteiger partial charge is 0.337 e. The molecule has 0 radical (unpaired) electrons. The molecule has 3 aliphatic heterocycles. The average molecular weight is 486 g/mol. The lowest BCUT2D eigenvalue weighted by molar-refractivity contribution is -0.368. The predicted molar refractivity (Wildman–Crippen MR) is 99.0 cm³/mol. The van der Waals surface area contributed by atoms with E-state index in [1.165, 1.54) is 7.11 Å². The third-order valence-electron chi connectivity index (χ3n) is 5.73. The van der Waals surface area contributed by atoms with Gasteiger partial charge >= 0.3 is 5.97 Å². The summed E-state index contributed by atoms with van der Waals surface area (Å²) in [6.45, 7) is -0.750. The zero-order valence-corrected chi connectivity index (χ0v) is 17.8. The standard InChI is InChI=1S/C18H30O15/c1-27-12-9(22)11(24)17(33-14(12)16(26)28-2)32-13-7(20)5(19)3-30-18(13)31-6-4-29-15(25)10(23)8(6)21/h5-15,17-25H,3-4H2,1-2H3/t5-,6-,7+,8+,9-,10-,11-,12+,13-,14+,15?,17-,18+/m1/s1. The molecule has 15 nitrogen and oxygen atoms in total. The lowest BCUT2D eigenvalue weighted by Crippen LogP contribution is -2.64. The van der Waals surface area contributed by atoms with Crippen molar-refractivity contribution in [2.45, 2.75) is 79.9 Å². The molecule has 0 aromatic heterocycles. The Labute approximate surface area is 187 Å². The molecular formula is C18H30O15. The zero-order chi connectivity index (χ0) is 24.4. The lowest BCUT2D eigenvalue weighted by atomic mass is 9.98. The third-order valence-corrected chi connectivity index (χ3v) is 5.73. The molecule has 0 bridgehead atoms. The van der Waals surface area contributed by atoms with Crippen molar-refractivity contribution in [2.75, 3.05) is 27.4 Å². The van der Waals surface area contributed by atoms with E-state index in [0.717, 1.165) is 7.11 Å². The van der Waals surface area contributed by atoms with Crippen molar-refractivity contribution in [3.63, 3.8) is 0 Å². The van der Waals surface area contributed by atoms with E-state index < -0.39 is 92.5 Å². The van der Waals surface area contributed by atoms with Crippen LogP contribution in [0, 0.1) is 0 Å². The summed E-state index contributed by atoms with van der Waals surface area (Å²) in [5.41, 5.74) is 0. The second-order valence-corrected chi connectivity index (χ2v) is 7.87. The van der Waals surface area contributed by atoms with Crippen LogP contribution >= 0.6 is 0 Å². The van der Waals surface area contributed by atoms with Gasteiger partial charge in [-0.25, -0.2) is 4.79 Å². The molecule has 13 atom stereocenters. The maximum Gasteiger partial charge on any atom is 0.337 e. The molecule has 3 heterocycles. The molecule has 0 aromatic rings. The zero-order valence-electron chi connectivity index (χ0n) is 17.8. The van der Waals surface area contributed by atoms with Crippen LogP contribution in [0.2, 0.25) is 0 Å². The van der Waals surface area contributed by atoms with E-state index >= 15 is 0 Å². The summed E-state index contributed by atoms with van der Waals surface area (Å²) in [6.07, 6.45) is -20.2. The fourth-order valence-electron chi connectivity index (χ4n) is 3.77. The number of ether oxygens (including phenoxy) is 7. The number of esters is 1. The third kappa shape index (κ3) is 5.46. The molecule has 3 aliphatic rings. The fraction of sp³-hybridized carbons (Fsp3) is 0.944. The van der Waals surface area contributed by atoms with E-state index in [-0.39, 0.29) is 6.61 Å². The van der Waals surface area contributed by atoms with Gasteiger partial charge in [-0.05, 0) is 0 Å². The predicted octanol–water partition coefficient (Wildman–Crippen LogP) is -5.46. The molecule has 0 amide bonds. The van der Waals surface area contributed by atoms with Crippen LogP contribution in [0.5, 0.6) is 0 Å². The minimum absolute atomic E-state index is 0.355. The normalized spacial score (nSPS) is 48.9. The Morgan fingerprint density at radius 1 is 0.758 bits per heavy atom. The maximum atomic E-state index is 12.1. The molecule has 0 aliphatic carbocycles.